The number of ether oxygens (including phenoxy) is 1. The smallest absolute Gasteiger partial charge is 0.252 e. The number of carbonyl (C=O) groups is 1. The lowest BCUT2D eigenvalue weighted by Crippen LogP contribution is -2.46. The zero-order chi connectivity index (χ0) is 19.0. The van der Waals surface area contributed by atoms with Crippen LogP contribution in [0.4, 0.5) is 4.39 Å². The Bertz CT molecular complexity index is 908. The number of fused-ring (bicyclic) bond motifs is 1. The van der Waals surface area contributed by atoms with Crippen molar-refractivity contribution in [1.82, 2.24) is 4.90 Å². The number of rotatable bonds is 2. The van der Waals surface area contributed by atoms with E-state index in [2.05, 4.69) is 6.07 Å². The van der Waals surface area contributed by atoms with Crippen molar-refractivity contribution in [2.45, 2.75) is 30.5 Å². The summed E-state index contributed by atoms with van der Waals surface area (Å²) in [5, 5.41) is 9.21. The van der Waals surface area contributed by atoms with E-state index < -0.39 is 11.6 Å². The summed E-state index contributed by atoms with van der Waals surface area (Å²) in [6, 6.07) is 15.9. The monoisotopic (exact) mass is 365 g/mol. The fourth-order valence-corrected chi connectivity index (χ4v) is 3.93. The van der Waals surface area contributed by atoms with Gasteiger partial charge in [0.1, 0.15) is 17.5 Å². The molecular weight excluding hydrogens is 345 g/mol. The molecule has 27 heavy (non-hydrogen) atoms. The molecule has 2 unspecified atom stereocenters. The molecule has 6 heteroatoms. The third-order valence-electron chi connectivity index (χ3n) is 5.34. The zero-order valence-electron chi connectivity index (χ0n) is 14.8. The minimum Gasteiger partial charge on any atom is -0.365 e. The Kier molecular flexibility index (Phi) is 4.42. The van der Waals surface area contributed by atoms with E-state index in [1.807, 2.05) is 24.3 Å². The average molecular weight is 365 g/mol. The van der Waals surface area contributed by atoms with Gasteiger partial charge >= 0.3 is 0 Å². The summed E-state index contributed by atoms with van der Waals surface area (Å²) in [6.45, 7) is 0.577. The molecule has 5 nitrogen and oxygen atoms in total. The lowest BCUT2D eigenvalue weighted by atomic mass is 9.87. The van der Waals surface area contributed by atoms with Crippen molar-refractivity contribution in [3.63, 3.8) is 0 Å². The zero-order valence-corrected chi connectivity index (χ0v) is 14.8. The second-order valence-corrected chi connectivity index (χ2v) is 7.21. The van der Waals surface area contributed by atoms with E-state index in [-0.39, 0.29) is 30.8 Å². The largest absolute Gasteiger partial charge is 0.365 e. The number of carbonyl (C=O) groups excluding carboxylic acids is 1. The SMILES string of the molecule is N#CC1(N)COC(C(=O)N2CCc3ccccc3[C@@H]2c2ccc(F)cc2)C1. The first-order valence-corrected chi connectivity index (χ1v) is 8.96. The molecule has 2 aromatic carbocycles. The fraction of sp³-hybridized carbons (Fsp3) is 0.333. The van der Waals surface area contributed by atoms with E-state index in [0.29, 0.717) is 6.54 Å². The van der Waals surface area contributed by atoms with Crippen molar-refractivity contribution < 1.29 is 13.9 Å². The van der Waals surface area contributed by atoms with Crippen molar-refractivity contribution in [3.05, 3.63) is 71.0 Å². The summed E-state index contributed by atoms with van der Waals surface area (Å²) in [4.78, 5) is 15.0. The van der Waals surface area contributed by atoms with Gasteiger partial charge in [-0.05, 0) is 35.2 Å². The van der Waals surface area contributed by atoms with Crippen LogP contribution in [0.1, 0.15) is 29.2 Å². The molecule has 2 aliphatic heterocycles. The van der Waals surface area contributed by atoms with Gasteiger partial charge in [0.15, 0.2) is 0 Å². The van der Waals surface area contributed by atoms with Crippen molar-refractivity contribution in [3.8, 4) is 6.07 Å². The van der Waals surface area contributed by atoms with Crippen LogP contribution in [0.3, 0.4) is 0 Å². The van der Waals surface area contributed by atoms with Gasteiger partial charge in [0.05, 0.1) is 18.7 Å². The second kappa shape index (κ2) is 6.76. The number of benzene rings is 2. The van der Waals surface area contributed by atoms with Crippen LogP contribution >= 0.6 is 0 Å². The molecule has 0 saturated carbocycles. The highest BCUT2D eigenvalue weighted by molar-refractivity contribution is 5.83. The summed E-state index contributed by atoms with van der Waals surface area (Å²) < 4.78 is 19.0. The second-order valence-electron chi connectivity index (χ2n) is 7.21. The van der Waals surface area contributed by atoms with Crippen molar-refractivity contribution in [1.29, 1.82) is 5.26 Å². The van der Waals surface area contributed by atoms with Gasteiger partial charge in [-0.1, -0.05) is 36.4 Å². The molecule has 0 radical (unpaired) electrons. The molecule has 0 aliphatic carbocycles. The van der Waals surface area contributed by atoms with Crippen LogP contribution < -0.4 is 5.73 Å². The van der Waals surface area contributed by atoms with Crippen LogP contribution in [-0.4, -0.2) is 35.6 Å². The maximum Gasteiger partial charge on any atom is 0.252 e. The van der Waals surface area contributed by atoms with Gasteiger partial charge in [-0.15, -0.1) is 0 Å². The minimum absolute atomic E-state index is 0.0472. The molecule has 3 atom stereocenters. The predicted molar refractivity (Wildman–Crippen MR) is 97.0 cm³/mol. The van der Waals surface area contributed by atoms with E-state index >= 15 is 0 Å². The summed E-state index contributed by atoms with van der Waals surface area (Å²) >= 11 is 0. The van der Waals surface area contributed by atoms with Gasteiger partial charge in [0.25, 0.3) is 5.91 Å². The van der Waals surface area contributed by atoms with Gasteiger partial charge in [-0.2, -0.15) is 5.26 Å². The normalized spacial score (nSPS) is 27.1. The molecule has 1 saturated heterocycles. The number of halogens is 1. The van der Waals surface area contributed by atoms with Gasteiger partial charge in [-0.25, -0.2) is 4.39 Å². The number of hydrogen-bond donors (Lipinski definition) is 1. The summed E-state index contributed by atoms with van der Waals surface area (Å²) in [6.07, 6.45) is 0.178. The van der Waals surface area contributed by atoms with Gasteiger partial charge in [0.2, 0.25) is 0 Å². The summed E-state index contributed by atoms with van der Waals surface area (Å²) in [5.74, 6) is -0.497. The average Bonchev–Trinajstić information content (AvgIpc) is 3.10. The number of nitriles is 1. The van der Waals surface area contributed by atoms with Crippen LogP contribution in [0.2, 0.25) is 0 Å². The van der Waals surface area contributed by atoms with E-state index in [1.165, 1.54) is 17.7 Å². The summed E-state index contributed by atoms with van der Waals surface area (Å²) in [7, 11) is 0. The first-order valence-electron chi connectivity index (χ1n) is 8.96. The fourth-order valence-electron chi connectivity index (χ4n) is 3.93. The topological polar surface area (TPSA) is 79.4 Å². The van der Waals surface area contributed by atoms with Crippen LogP contribution in [0.15, 0.2) is 48.5 Å². The standard InChI is InChI=1S/C21H20FN3O2/c22-16-7-5-15(6-8-16)19-17-4-2-1-3-14(17)9-10-25(19)20(26)18-11-21(24,12-23)13-27-18/h1-8,18-19H,9-11,13,24H2/t18?,19-,21?/m0/s1. The maximum atomic E-state index is 13.4. The molecule has 2 aliphatic rings. The van der Waals surface area contributed by atoms with E-state index in [0.717, 1.165) is 17.5 Å². The first kappa shape index (κ1) is 17.7. The van der Waals surface area contributed by atoms with Crippen molar-refractivity contribution in [2.75, 3.05) is 13.2 Å². The predicted octanol–water partition coefficient (Wildman–Crippen LogP) is 2.31. The highest BCUT2D eigenvalue weighted by Crippen LogP contribution is 2.37. The molecule has 1 amide bonds. The molecule has 0 spiro atoms. The van der Waals surface area contributed by atoms with E-state index in [4.69, 9.17) is 10.5 Å². The van der Waals surface area contributed by atoms with Gasteiger partial charge < -0.3 is 15.4 Å². The Morgan fingerprint density at radius 3 is 2.70 bits per heavy atom. The molecule has 2 N–H and O–H groups in total. The molecule has 0 aromatic heterocycles. The van der Waals surface area contributed by atoms with Crippen LogP contribution in [0.5, 0.6) is 0 Å². The van der Waals surface area contributed by atoms with Crippen LogP contribution in [0, 0.1) is 17.1 Å². The van der Waals surface area contributed by atoms with Gasteiger partial charge in [0, 0.05) is 13.0 Å². The molecule has 2 heterocycles. The molecule has 1 fully saturated rings. The van der Waals surface area contributed by atoms with Gasteiger partial charge in [-0.3, -0.25) is 4.79 Å². The number of amides is 1. The Morgan fingerprint density at radius 2 is 2.00 bits per heavy atom. The number of hydrogen-bond acceptors (Lipinski definition) is 4. The summed E-state index contributed by atoms with van der Waals surface area (Å²) in [5.41, 5.74) is 7.88. The lowest BCUT2D eigenvalue weighted by Gasteiger charge is -2.39. The number of nitrogens with two attached hydrogens (primary N) is 1. The molecule has 0 bridgehead atoms. The first-order chi connectivity index (χ1) is 13.0. The Balaban J connectivity index is 1.70. The third kappa shape index (κ3) is 3.20. The molecule has 4 rings (SSSR count). The Labute approximate surface area is 157 Å². The Morgan fingerprint density at radius 1 is 1.26 bits per heavy atom. The molecule has 138 valence electrons. The highest BCUT2D eigenvalue weighted by atomic mass is 19.1. The van der Waals surface area contributed by atoms with Crippen LogP contribution in [0.25, 0.3) is 0 Å². The lowest BCUT2D eigenvalue weighted by molar-refractivity contribution is -0.143. The van der Waals surface area contributed by atoms with Crippen LogP contribution in [-0.2, 0) is 16.0 Å². The Hall–Kier alpha value is -2.75. The molecule has 2 aromatic rings. The quantitative estimate of drug-likeness (QED) is 0.886. The number of nitrogens with zero attached hydrogens (tertiary/aromatic N) is 2. The minimum atomic E-state index is -1.13. The van der Waals surface area contributed by atoms with Crippen molar-refractivity contribution >= 4 is 5.91 Å². The molecular formula is C21H20FN3O2. The highest BCUT2D eigenvalue weighted by Gasteiger charge is 2.44. The van der Waals surface area contributed by atoms with Crippen molar-refractivity contribution in [2.24, 2.45) is 5.73 Å². The maximum absolute atomic E-state index is 13.4. The third-order valence-corrected chi connectivity index (χ3v) is 5.34. The van der Waals surface area contributed by atoms with E-state index in [9.17, 15) is 14.4 Å². The van der Waals surface area contributed by atoms with E-state index in [1.54, 1.807) is 17.0 Å².